The first-order valence-electron chi connectivity index (χ1n) is 6.44. The maximum Gasteiger partial charge on any atom is 0.216 e. The van der Waals surface area contributed by atoms with Gasteiger partial charge >= 0.3 is 0 Å². The fourth-order valence-corrected chi connectivity index (χ4v) is 2.02. The number of hydrogen-bond donors (Lipinski definition) is 1. The predicted octanol–water partition coefficient (Wildman–Crippen LogP) is 3.19. The molecule has 104 valence electrons. The third kappa shape index (κ3) is 2.95. The Morgan fingerprint density at radius 2 is 2.00 bits per heavy atom. The molecular weight excluding hydrogens is 282 g/mol. The molecule has 1 aromatic carbocycles. The van der Waals surface area contributed by atoms with Gasteiger partial charge in [-0.05, 0) is 36.8 Å². The minimum absolute atomic E-state index is 0.430. The van der Waals surface area contributed by atoms with Crippen LogP contribution in [0.5, 0.6) is 0 Å². The summed E-state index contributed by atoms with van der Waals surface area (Å²) in [5, 5.41) is 11.3. The van der Waals surface area contributed by atoms with Gasteiger partial charge in [-0.3, -0.25) is 4.98 Å². The number of H-pyrrole nitrogens is 1. The number of nitrogens with zero attached hydrogens (tertiary/aromatic N) is 4. The molecule has 0 saturated carbocycles. The van der Waals surface area contributed by atoms with E-state index >= 15 is 0 Å². The Morgan fingerprint density at radius 3 is 2.71 bits per heavy atom. The molecule has 0 aliphatic rings. The summed E-state index contributed by atoms with van der Waals surface area (Å²) in [5.74, 6) is 0.587. The van der Waals surface area contributed by atoms with Gasteiger partial charge in [0.1, 0.15) is 5.69 Å². The van der Waals surface area contributed by atoms with Gasteiger partial charge in [0.2, 0.25) is 10.6 Å². The summed E-state index contributed by atoms with van der Waals surface area (Å²) in [4.78, 5) is 4.27. The average Bonchev–Trinajstić information content (AvgIpc) is 2.89. The van der Waals surface area contributed by atoms with Crippen molar-refractivity contribution < 1.29 is 0 Å². The molecule has 3 aromatic rings. The van der Waals surface area contributed by atoms with Gasteiger partial charge in [0.05, 0.1) is 6.21 Å². The van der Waals surface area contributed by atoms with E-state index in [9.17, 15) is 0 Å². The Labute approximate surface area is 127 Å². The molecule has 0 unspecified atom stereocenters. The van der Waals surface area contributed by atoms with E-state index in [2.05, 4.69) is 20.3 Å². The van der Waals surface area contributed by atoms with Crippen LogP contribution in [0.1, 0.15) is 11.1 Å². The van der Waals surface area contributed by atoms with Crippen LogP contribution in [0.15, 0.2) is 53.8 Å². The first-order valence-corrected chi connectivity index (χ1v) is 6.85. The molecule has 0 aliphatic carbocycles. The molecule has 5 nitrogen and oxygen atoms in total. The molecule has 3 rings (SSSR count). The van der Waals surface area contributed by atoms with E-state index in [0.29, 0.717) is 16.3 Å². The summed E-state index contributed by atoms with van der Waals surface area (Å²) in [6.45, 7) is 2.05. The zero-order valence-corrected chi connectivity index (χ0v) is 12.2. The monoisotopic (exact) mass is 295 g/mol. The molecule has 0 atom stereocenters. The lowest BCUT2D eigenvalue weighted by atomic mass is 10.2. The smallest absolute Gasteiger partial charge is 0.216 e. The number of nitrogens with one attached hydrogen (secondary N) is 1. The number of aryl methyl sites for hydroxylation is 1. The summed E-state index contributed by atoms with van der Waals surface area (Å²) < 4.78 is 2.00. The van der Waals surface area contributed by atoms with E-state index in [-0.39, 0.29) is 0 Å². The van der Waals surface area contributed by atoms with Crippen molar-refractivity contribution in [2.24, 2.45) is 5.10 Å². The molecule has 0 saturated heterocycles. The summed E-state index contributed by atoms with van der Waals surface area (Å²) in [6, 6.07) is 13.7. The average molecular weight is 295 g/mol. The van der Waals surface area contributed by atoms with Crippen molar-refractivity contribution in [2.45, 2.75) is 6.92 Å². The lowest BCUT2D eigenvalue weighted by Gasteiger charge is -1.99. The van der Waals surface area contributed by atoms with Crippen molar-refractivity contribution in [3.63, 3.8) is 0 Å². The van der Waals surface area contributed by atoms with Crippen LogP contribution in [0.3, 0.4) is 0 Å². The van der Waals surface area contributed by atoms with E-state index in [1.807, 2.05) is 49.4 Å². The van der Waals surface area contributed by atoms with Gasteiger partial charge in [-0.1, -0.05) is 35.9 Å². The number of rotatable bonds is 3. The maximum atomic E-state index is 5.21. The van der Waals surface area contributed by atoms with Gasteiger partial charge in [-0.2, -0.15) is 14.9 Å². The van der Waals surface area contributed by atoms with Crippen molar-refractivity contribution >= 4 is 18.4 Å². The summed E-state index contributed by atoms with van der Waals surface area (Å²) in [6.07, 6.45) is 3.46. The maximum absolute atomic E-state index is 5.21. The lowest BCUT2D eigenvalue weighted by Crippen LogP contribution is -1.96. The fraction of sp³-hybridized carbons (Fsp3) is 0.0667. The van der Waals surface area contributed by atoms with Gasteiger partial charge in [0.25, 0.3) is 0 Å². The van der Waals surface area contributed by atoms with E-state index in [1.54, 1.807) is 17.1 Å². The molecule has 0 spiro atoms. The molecule has 6 heteroatoms. The Bertz CT molecular complexity index is 815. The second kappa shape index (κ2) is 5.80. The highest BCUT2D eigenvalue weighted by atomic mass is 32.1. The molecule has 0 aliphatic heterocycles. The molecule has 0 amide bonds. The molecule has 2 heterocycles. The minimum Gasteiger partial charge on any atom is -0.253 e. The van der Waals surface area contributed by atoms with Crippen molar-refractivity contribution in [2.75, 3.05) is 0 Å². The number of aromatic amines is 1. The van der Waals surface area contributed by atoms with Crippen molar-refractivity contribution in [1.82, 2.24) is 19.9 Å². The topological polar surface area (TPSA) is 58.9 Å². The summed E-state index contributed by atoms with van der Waals surface area (Å²) >= 11 is 5.21. The van der Waals surface area contributed by atoms with Crippen LogP contribution >= 0.6 is 12.2 Å². The van der Waals surface area contributed by atoms with Crippen LogP contribution in [0.25, 0.3) is 11.5 Å². The van der Waals surface area contributed by atoms with Crippen LogP contribution in [0, 0.1) is 11.7 Å². The highest BCUT2D eigenvalue weighted by Crippen LogP contribution is 2.13. The highest BCUT2D eigenvalue weighted by Gasteiger charge is 2.08. The van der Waals surface area contributed by atoms with Crippen LogP contribution in [0.4, 0.5) is 0 Å². The second-order valence-electron chi connectivity index (χ2n) is 4.53. The van der Waals surface area contributed by atoms with E-state index in [1.165, 1.54) is 5.56 Å². The van der Waals surface area contributed by atoms with Crippen molar-refractivity contribution in [1.29, 1.82) is 0 Å². The quantitative estimate of drug-likeness (QED) is 0.596. The van der Waals surface area contributed by atoms with Crippen LogP contribution in [-0.2, 0) is 0 Å². The predicted molar refractivity (Wildman–Crippen MR) is 84.8 cm³/mol. The SMILES string of the molecule is Cc1ccc(C=Nn2c(-c3ccccn3)n[nH]c2=S)cc1. The third-order valence-corrected chi connectivity index (χ3v) is 3.21. The van der Waals surface area contributed by atoms with Crippen LogP contribution < -0.4 is 0 Å². The first-order chi connectivity index (χ1) is 10.2. The molecular formula is C15H13N5S. The standard InChI is InChI=1S/C15H13N5S/c1-11-5-7-12(8-6-11)10-17-20-14(18-19-15(20)21)13-4-2-3-9-16-13/h2-10H,1H3,(H,19,21). The Morgan fingerprint density at radius 1 is 1.19 bits per heavy atom. The van der Waals surface area contributed by atoms with Crippen LogP contribution in [-0.4, -0.2) is 26.1 Å². The molecule has 21 heavy (non-hydrogen) atoms. The zero-order chi connectivity index (χ0) is 14.7. The Balaban J connectivity index is 1.98. The van der Waals surface area contributed by atoms with Gasteiger partial charge in [-0.25, -0.2) is 5.10 Å². The van der Waals surface area contributed by atoms with Gasteiger partial charge in [0, 0.05) is 6.20 Å². The largest absolute Gasteiger partial charge is 0.253 e. The zero-order valence-electron chi connectivity index (χ0n) is 11.4. The number of hydrogen-bond acceptors (Lipinski definition) is 4. The number of aromatic nitrogens is 4. The van der Waals surface area contributed by atoms with Gasteiger partial charge in [-0.15, -0.1) is 0 Å². The molecule has 0 bridgehead atoms. The molecule has 0 radical (unpaired) electrons. The molecule has 0 fully saturated rings. The first kappa shape index (κ1) is 13.4. The van der Waals surface area contributed by atoms with Crippen molar-refractivity contribution in [3.8, 4) is 11.5 Å². The molecule has 1 N–H and O–H groups in total. The van der Waals surface area contributed by atoms with E-state index < -0.39 is 0 Å². The Kier molecular flexibility index (Phi) is 3.70. The number of pyridine rings is 1. The highest BCUT2D eigenvalue weighted by molar-refractivity contribution is 7.71. The number of benzene rings is 1. The third-order valence-electron chi connectivity index (χ3n) is 2.94. The van der Waals surface area contributed by atoms with Crippen molar-refractivity contribution in [3.05, 3.63) is 64.6 Å². The summed E-state index contributed by atoms with van der Waals surface area (Å²) in [5.41, 5.74) is 2.92. The normalized spacial score (nSPS) is 11.1. The van der Waals surface area contributed by atoms with E-state index in [0.717, 1.165) is 5.56 Å². The lowest BCUT2D eigenvalue weighted by molar-refractivity contribution is 0.867. The van der Waals surface area contributed by atoms with Gasteiger partial charge in [0.15, 0.2) is 0 Å². The summed E-state index contributed by atoms with van der Waals surface area (Å²) in [7, 11) is 0. The second-order valence-corrected chi connectivity index (χ2v) is 4.92. The van der Waals surface area contributed by atoms with Gasteiger partial charge < -0.3 is 0 Å². The fourth-order valence-electron chi connectivity index (χ4n) is 1.84. The molecule has 2 aromatic heterocycles. The van der Waals surface area contributed by atoms with E-state index in [4.69, 9.17) is 12.2 Å². The van der Waals surface area contributed by atoms with Crippen LogP contribution in [0.2, 0.25) is 0 Å². The Hall–Kier alpha value is -2.60. The minimum atomic E-state index is 0.430.